The summed E-state index contributed by atoms with van der Waals surface area (Å²) in [6.07, 6.45) is 3.24. The van der Waals surface area contributed by atoms with E-state index in [1.807, 2.05) is 24.3 Å². The number of benzene rings is 1. The van der Waals surface area contributed by atoms with E-state index in [1.54, 1.807) is 27.0 Å². The topological polar surface area (TPSA) is 66.9 Å². The Morgan fingerprint density at radius 2 is 1.88 bits per heavy atom. The molecule has 0 bridgehead atoms. The summed E-state index contributed by atoms with van der Waals surface area (Å²) < 4.78 is 28.8. The zero-order chi connectivity index (χ0) is 19.2. The molecule has 0 spiro atoms. The summed E-state index contributed by atoms with van der Waals surface area (Å²) in [6, 6.07) is 7.66. The number of carbonyl (C=O) groups is 1. The molecule has 0 aromatic heterocycles. The minimum absolute atomic E-state index is 0.0200. The van der Waals surface area contributed by atoms with Crippen molar-refractivity contribution in [1.29, 1.82) is 0 Å². The predicted octanol–water partition coefficient (Wildman–Crippen LogP) is 1.82. The van der Waals surface area contributed by atoms with Crippen LogP contribution >= 0.6 is 0 Å². The average Bonchev–Trinajstić information content (AvgIpc) is 2.66. The molecule has 1 unspecified atom stereocenters. The molecular weight excluding hydrogens is 352 g/mol. The first-order valence-corrected chi connectivity index (χ1v) is 10.7. The van der Waals surface area contributed by atoms with Crippen molar-refractivity contribution in [2.45, 2.75) is 19.9 Å². The lowest BCUT2D eigenvalue weighted by Crippen LogP contribution is -2.38. The lowest BCUT2D eigenvalue weighted by molar-refractivity contribution is -0.126. The van der Waals surface area contributed by atoms with Gasteiger partial charge in [-0.3, -0.25) is 4.79 Å². The third-order valence-corrected chi connectivity index (χ3v) is 6.50. The van der Waals surface area contributed by atoms with Crippen LogP contribution in [0.25, 0.3) is 6.08 Å². The number of anilines is 1. The Morgan fingerprint density at radius 1 is 1.27 bits per heavy atom. The lowest BCUT2D eigenvalue weighted by Gasteiger charge is -2.28. The van der Waals surface area contributed by atoms with Crippen LogP contribution in [0.3, 0.4) is 0 Å². The molecule has 1 aliphatic rings. The van der Waals surface area contributed by atoms with Gasteiger partial charge in [0.15, 0.2) is 9.84 Å². The molecule has 1 aliphatic heterocycles. The highest BCUT2D eigenvalue weighted by Gasteiger charge is 2.19. The molecule has 1 amide bonds. The van der Waals surface area contributed by atoms with Crippen LogP contribution in [0.15, 0.2) is 30.3 Å². The number of amides is 1. The summed E-state index contributed by atoms with van der Waals surface area (Å²) in [5, 5.41) is 0. The van der Waals surface area contributed by atoms with Crippen LogP contribution in [0.2, 0.25) is 0 Å². The van der Waals surface area contributed by atoms with E-state index < -0.39 is 9.84 Å². The summed E-state index contributed by atoms with van der Waals surface area (Å²) in [4.78, 5) is 16.0. The number of ether oxygens (including phenoxy) is 1. The molecule has 1 aromatic carbocycles. The number of hydrogen-bond donors (Lipinski definition) is 0. The van der Waals surface area contributed by atoms with Gasteiger partial charge in [-0.1, -0.05) is 19.1 Å². The lowest BCUT2D eigenvalue weighted by atomic mass is 10.1. The monoisotopic (exact) mass is 380 g/mol. The van der Waals surface area contributed by atoms with Crippen LogP contribution in [0, 0.1) is 0 Å². The summed E-state index contributed by atoms with van der Waals surface area (Å²) in [5.74, 6) is -0.139. The maximum Gasteiger partial charge on any atom is 0.246 e. The van der Waals surface area contributed by atoms with Crippen LogP contribution in [0.4, 0.5) is 5.69 Å². The standard InChI is InChI=1S/C19H28N2O4S/c1-4-26(23,24)15-16(2)20(3)19(22)10-7-17-5-8-18(9-6-17)21-11-13-25-14-12-21/h5-10,16H,4,11-15H2,1-3H3. The van der Waals surface area contributed by atoms with E-state index in [2.05, 4.69) is 4.90 Å². The fourth-order valence-corrected chi connectivity index (χ4v) is 3.91. The largest absolute Gasteiger partial charge is 0.378 e. The van der Waals surface area contributed by atoms with E-state index in [0.29, 0.717) is 0 Å². The number of carbonyl (C=O) groups excluding carboxylic acids is 1. The van der Waals surface area contributed by atoms with Crippen molar-refractivity contribution in [3.8, 4) is 0 Å². The molecule has 1 saturated heterocycles. The van der Waals surface area contributed by atoms with Crippen molar-refractivity contribution in [2.24, 2.45) is 0 Å². The molecule has 1 atom stereocenters. The van der Waals surface area contributed by atoms with Gasteiger partial charge in [-0.15, -0.1) is 0 Å². The molecule has 0 saturated carbocycles. The van der Waals surface area contributed by atoms with Gasteiger partial charge in [-0.2, -0.15) is 0 Å². The molecule has 0 radical (unpaired) electrons. The van der Waals surface area contributed by atoms with Crippen molar-refractivity contribution in [3.63, 3.8) is 0 Å². The predicted molar refractivity (Wildman–Crippen MR) is 105 cm³/mol. The van der Waals surface area contributed by atoms with Gasteiger partial charge in [-0.25, -0.2) is 8.42 Å². The molecule has 1 aromatic rings. The van der Waals surface area contributed by atoms with Gasteiger partial charge in [0.05, 0.1) is 19.0 Å². The van der Waals surface area contributed by atoms with Crippen LogP contribution in [-0.2, 0) is 19.4 Å². The Balaban J connectivity index is 1.94. The maximum atomic E-state index is 12.3. The molecule has 1 heterocycles. The first-order valence-electron chi connectivity index (χ1n) is 8.90. The molecule has 1 fully saturated rings. The smallest absolute Gasteiger partial charge is 0.246 e. The number of hydrogen-bond acceptors (Lipinski definition) is 5. The quantitative estimate of drug-likeness (QED) is 0.675. The Kier molecular flexibility index (Phi) is 7.23. The normalized spacial score (nSPS) is 16.7. The Morgan fingerprint density at radius 3 is 2.46 bits per heavy atom. The molecule has 7 heteroatoms. The van der Waals surface area contributed by atoms with E-state index in [1.165, 1.54) is 11.0 Å². The van der Waals surface area contributed by atoms with Gasteiger partial charge in [0.2, 0.25) is 5.91 Å². The van der Waals surface area contributed by atoms with Gasteiger partial charge in [0.25, 0.3) is 0 Å². The second-order valence-corrected chi connectivity index (χ2v) is 8.92. The first kappa shape index (κ1) is 20.5. The van der Waals surface area contributed by atoms with Crippen LogP contribution in [0.5, 0.6) is 0 Å². The first-order chi connectivity index (χ1) is 12.3. The van der Waals surface area contributed by atoms with Crippen LogP contribution in [-0.4, -0.2) is 70.1 Å². The van der Waals surface area contributed by atoms with E-state index in [-0.39, 0.29) is 23.5 Å². The highest BCUT2D eigenvalue weighted by molar-refractivity contribution is 7.91. The van der Waals surface area contributed by atoms with E-state index in [9.17, 15) is 13.2 Å². The van der Waals surface area contributed by atoms with Crippen LogP contribution < -0.4 is 4.90 Å². The van der Waals surface area contributed by atoms with Gasteiger partial charge in [-0.05, 0) is 30.7 Å². The van der Waals surface area contributed by atoms with Crippen molar-refractivity contribution < 1.29 is 17.9 Å². The molecule has 144 valence electrons. The Labute approximate surface area is 156 Å². The average molecular weight is 381 g/mol. The fraction of sp³-hybridized carbons (Fsp3) is 0.526. The summed E-state index contributed by atoms with van der Waals surface area (Å²) in [6.45, 7) is 6.62. The fourth-order valence-electron chi connectivity index (χ4n) is 2.72. The summed E-state index contributed by atoms with van der Waals surface area (Å²) in [5.41, 5.74) is 2.07. The molecule has 0 aliphatic carbocycles. The summed E-state index contributed by atoms with van der Waals surface area (Å²) in [7, 11) is -1.48. The number of likely N-dealkylation sites (N-methyl/N-ethyl adjacent to an activating group) is 1. The summed E-state index contributed by atoms with van der Waals surface area (Å²) >= 11 is 0. The zero-order valence-electron chi connectivity index (χ0n) is 15.7. The zero-order valence-corrected chi connectivity index (χ0v) is 16.5. The van der Waals surface area contributed by atoms with Crippen LogP contribution in [0.1, 0.15) is 19.4 Å². The number of rotatable bonds is 7. The number of sulfone groups is 1. The molecule has 0 N–H and O–H groups in total. The third kappa shape index (κ3) is 5.85. The van der Waals surface area contributed by atoms with Crippen molar-refractivity contribution in [1.82, 2.24) is 4.90 Å². The SMILES string of the molecule is CCS(=O)(=O)CC(C)N(C)C(=O)C=Cc1ccc(N2CCOCC2)cc1. The minimum Gasteiger partial charge on any atom is -0.378 e. The third-order valence-electron chi connectivity index (χ3n) is 4.63. The molecule has 2 rings (SSSR count). The van der Waals surface area contributed by atoms with E-state index in [4.69, 9.17) is 4.74 Å². The maximum absolute atomic E-state index is 12.3. The van der Waals surface area contributed by atoms with E-state index in [0.717, 1.165) is 37.6 Å². The van der Waals surface area contributed by atoms with Crippen molar-refractivity contribution in [2.75, 3.05) is 49.8 Å². The molecule has 6 nitrogen and oxygen atoms in total. The Hall–Kier alpha value is -1.86. The highest BCUT2D eigenvalue weighted by atomic mass is 32.2. The highest BCUT2D eigenvalue weighted by Crippen LogP contribution is 2.17. The van der Waals surface area contributed by atoms with Crippen molar-refractivity contribution in [3.05, 3.63) is 35.9 Å². The number of morpholine rings is 1. The van der Waals surface area contributed by atoms with Gasteiger partial charge >= 0.3 is 0 Å². The second kappa shape index (κ2) is 9.19. The number of nitrogens with zero attached hydrogens (tertiary/aromatic N) is 2. The molecule has 26 heavy (non-hydrogen) atoms. The minimum atomic E-state index is -3.11. The Bertz CT molecular complexity index is 722. The van der Waals surface area contributed by atoms with Gasteiger partial charge in [0, 0.05) is 43.7 Å². The van der Waals surface area contributed by atoms with Gasteiger partial charge < -0.3 is 14.5 Å². The van der Waals surface area contributed by atoms with Gasteiger partial charge in [0.1, 0.15) is 0 Å². The molecular formula is C19H28N2O4S. The van der Waals surface area contributed by atoms with E-state index >= 15 is 0 Å². The van der Waals surface area contributed by atoms with Crippen molar-refractivity contribution >= 4 is 27.5 Å². The second-order valence-electron chi connectivity index (χ2n) is 6.52.